The van der Waals surface area contributed by atoms with Crippen LogP contribution in [0.1, 0.15) is 10.4 Å². The van der Waals surface area contributed by atoms with Crippen molar-refractivity contribution < 1.29 is 13.9 Å². The fourth-order valence-corrected chi connectivity index (χ4v) is 2.04. The van der Waals surface area contributed by atoms with Crippen LogP contribution in [0.4, 0.5) is 4.39 Å². The van der Waals surface area contributed by atoms with Crippen LogP contribution >= 0.6 is 11.6 Å². The third kappa shape index (κ3) is 2.49. The molecule has 0 unspecified atom stereocenters. The Kier molecular flexibility index (Phi) is 3.91. The number of halogens is 2. The van der Waals surface area contributed by atoms with E-state index in [0.29, 0.717) is 27.9 Å². The van der Waals surface area contributed by atoms with Gasteiger partial charge in [-0.3, -0.25) is 4.79 Å². The molecule has 0 saturated carbocycles. The number of aldehydes is 1. The molecule has 2 aromatic rings. The molecule has 0 spiro atoms. The normalized spacial score (nSPS) is 10.3. The molecule has 0 N–H and O–H groups in total. The summed E-state index contributed by atoms with van der Waals surface area (Å²) in [5, 5.41) is 0.336. The van der Waals surface area contributed by atoms with Crippen LogP contribution in [0.3, 0.4) is 0 Å². The maximum Gasteiger partial charge on any atom is 0.156 e. The van der Waals surface area contributed by atoms with Crippen LogP contribution < -0.4 is 10.2 Å². The van der Waals surface area contributed by atoms with E-state index in [2.05, 4.69) is 0 Å². The van der Waals surface area contributed by atoms with Gasteiger partial charge in [0, 0.05) is 5.02 Å². The van der Waals surface area contributed by atoms with E-state index in [1.807, 2.05) is 0 Å². The quantitative estimate of drug-likeness (QED) is 0.635. The zero-order valence-electron chi connectivity index (χ0n) is 10.1. The van der Waals surface area contributed by atoms with Gasteiger partial charge in [0.2, 0.25) is 0 Å². The highest BCUT2D eigenvalue weighted by molar-refractivity contribution is 6.46. The molecule has 0 amide bonds. The second-order valence-corrected chi connectivity index (χ2v) is 4.28. The Bertz CT molecular complexity index is 644. The minimum Gasteiger partial charge on any atom is -0.496 e. The molecule has 0 aliphatic heterocycles. The van der Waals surface area contributed by atoms with E-state index < -0.39 is 5.82 Å². The maximum atomic E-state index is 13.8. The molecule has 2 radical (unpaired) electrons. The summed E-state index contributed by atoms with van der Waals surface area (Å²) in [5.74, 6) is -0.508. The highest BCUT2D eigenvalue weighted by atomic mass is 35.5. The Morgan fingerprint density at radius 1 is 1.37 bits per heavy atom. The number of ether oxygens (including phenoxy) is 1. The summed E-state index contributed by atoms with van der Waals surface area (Å²) in [5.41, 5.74) is 1.36. The van der Waals surface area contributed by atoms with Crippen molar-refractivity contribution >= 4 is 31.2 Å². The van der Waals surface area contributed by atoms with Gasteiger partial charge in [-0.1, -0.05) is 35.3 Å². The predicted molar refractivity (Wildman–Crippen MR) is 74.2 cm³/mol. The summed E-state index contributed by atoms with van der Waals surface area (Å²) >= 11 is 6.09. The fraction of sp³-hybridized carbons (Fsp3) is 0.0714. The molecule has 0 atom stereocenters. The van der Waals surface area contributed by atoms with E-state index >= 15 is 0 Å². The number of carbonyl (C=O) groups excluding carboxylic acids is 1. The Morgan fingerprint density at radius 3 is 2.74 bits per heavy atom. The van der Waals surface area contributed by atoms with Gasteiger partial charge >= 0.3 is 0 Å². The van der Waals surface area contributed by atoms with Gasteiger partial charge in [0.15, 0.2) is 6.29 Å². The molecule has 2 aromatic carbocycles. The molecule has 0 heterocycles. The van der Waals surface area contributed by atoms with Crippen molar-refractivity contribution in [3.05, 3.63) is 46.7 Å². The van der Waals surface area contributed by atoms with Gasteiger partial charge in [0.25, 0.3) is 0 Å². The molecule has 0 aromatic heterocycles. The second-order valence-electron chi connectivity index (χ2n) is 3.90. The molecule has 5 heteroatoms. The third-order valence-corrected chi connectivity index (χ3v) is 3.19. The Hall–Kier alpha value is -1.81. The molecular formula is C14H9BClFO2. The van der Waals surface area contributed by atoms with Gasteiger partial charge in [-0.05, 0) is 23.3 Å². The number of methoxy groups -OCH3 is 1. The number of hydrogen-bond donors (Lipinski definition) is 0. The second kappa shape index (κ2) is 5.45. The van der Waals surface area contributed by atoms with Crippen molar-refractivity contribution in [2.75, 3.05) is 7.11 Å². The van der Waals surface area contributed by atoms with Gasteiger partial charge in [-0.2, -0.15) is 0 Å². The largest absolute Gasteiger partial charge is 0.496 e. The fourth-order valence-electron chi connectivity index (χ4n) is 1.80. The van der Waals surface area contributed by atoms with Crippen LogP contribution in [0.5, 0.6) is 5.75 Å². The summed E-state index contributed by atoms with van der Waals surface area (Å²) < 4.78 is 18.8. The van der Waals surface area contributed by atoms with Gasteiger partial charge < -0.3 is 4.74 Å². The average molecular weight is 274 g/mol. The first-order chi connectivity index (χ1) is 9.08. The number of carbonyl (C=O) groups is 1. The standard InChI is InChI=1S/C14H9BClFO2/c1-19-13-6-8(5-12(17)10(13)7-18)9-3-2-4-11(15)14(9)16/h2-7H,1H3. The summed E-state index contributed by atoms with van der Waals surface area (Å²) in [6.07, 6.45) is 0.416. The van der Waals surface area contributed by atoms with E-state index in [0.717, 1.165) is 0 Å². The van der Waals surface area contributed by atoms with Gasteiger partial charge in [-0.15, -0.1) is 0 Å². The van der Waals surface area contributed by atoms with Gasteiger partial charge in [0.1, 0.15) is 19.4 Å². The third-order valence-electron chi connectivity index (χ3n) is 2.77. The molecule has 19 heavy (non-hydrogen) atoms. The molecule has 0 saturated heterocycles. The summed E-state index contributed by atoms with van der Waals surface area (Å²) in [6, 6.07) is 7.86. The van der Waals surface area contributed by atoms with E-state index in [1.165, 1.54) is 13.2 Å². The molecule has 0 bridgehead atoms. The minimum atomic E-state index is -0.664. The lowest BCUT2D eigenvalue weighted by Crippen LogP contribution is -2.04. The highest BCUT2D eigenvalue weighted by Gasteiger charge is 2.14. The first kappa shape index (κ1) is 13.6. The number of hydrogen-bond acceptors (Lipinski definition) is 2. The SMILES string of the molecule is [B]c1cccc(-c2cc(F)c(C=O)c(OC)c2)c1Cl. The van der Waals surface area contributed by atoms with Gasteiger partial charge in [-0.25, -0.2) is 4.39 Å². The van der Waals surface area contributed by atoms with Crippen LogP contribution in [0.25, 0.3) is 11.1 Å². The van der Waals surface area contributed by atoms with Crippen molar-refractivity contribution in [1.29, 1.82) is 0 Å². The van der Waals surface area contributed by atoms with Crippen molar-refractivity contribution in [2.24, 2.45) is 0 Å². The smallest absolute Gasteiger partial charge is 0.156 e. The van der Waals surface area contributed by atoms with Crippen molar-refractivity contribution in [3.63, 3.8) is 0 Å². The van der Waals surface area contributed by atoms with E-state index in [9.17, 15) is 9.18 Å². The summed E-state index contributed by atoms with van der Waals surface area (Å²) in [4.78, 5) is 10.8. The van der Waals surface area contributed by atoms with Gasteiger partial charge in [0.05, 0.1) is 12.7 Å². The lowest BCUT2D eigenvalue weighted by Gasteiger charge is -2.11. The van der Waals surface area contributed by atoms with Crippen molar-refractivity contribution in [1.82, 2.24) is 0 Å². The monoisotopic (exact) mass is 274 g/mol. The topological polar surface area (TPSA) is 26.3 Å². The molecule has 2 nitrogen and oxygen atoms in total. The van der Waals surface area contributed by atoms with Crippen LogP contribution in [-0.2, 0) is 0 Å². The maximum absolute atomic E-state index is 13.8. The number of benzene rings is 2. The zero-order chi connectivity index (χ0) is 14.0. The summed E-state index contributed by atoms with van der Waals surface area (Å²) in [6.45, 7) is 0. The predicted octanol–water partition coefficient (Wildman–Crippen LogP) is 2.76. The molecule has 94 valence electrons. The van der Waals surface area contributed by atoms with Crippen LogP contribution in [-0.4, -0.2) is 21.2 Å². The zero-order valence-corrected chi connectivity index (χ0v) is 10.9. The van der Waals surface area contributed by atoms with E-state index in [-0.39, 0.29) is 11.3 Å². The molecular weight excluding hydrogens is 265 g/mol. The Balaban J connectivity index is 2.67. The van der Waals surface area contributed by atoms with Crippen LogP contribution in [0.15, 0.2) is 30.3 Å². The highest BCUT2D eigenvalue weighted by Crippen LogP contribution is 2.32. The summed E-state index contributed by atoms with van der Waals surface area (Å²) in [7, 11) is 7.08. The van der Waals surface area contributed by atoms with Crippen molar-refractivity contribution in [3.8, 4) is 16.9 Å². The van der Waals surface area contributed by atoms with Crippen molar-refractivity contribution in [2.45, 2.75) is 0 Å². The Labute approximate surface area is 116 Å². The van der Waals surface area contributed by atoms with Crippen LogP contribution in [0, 0.1) is 5.82 Å². The van der Waals surface area contributed by atoms with Crippen LogP contribution in [0.2, 0.25) is 5.02 Å². The lowest BCUT2D eigenvalue weighted by atomic mass is 9.91. The molecule has 0 aliphatic rings. The molecule has 0 aliphatic carbocycles. The first-order valence-electron chi connectivity index (χ1n) is 5.45. The first-order valence-corrected chi connectivity index (χ1v) is 5.83. The Morgan fingerprint density at radius 2 is 2.11 bits per heavy atom. The minimum absolute atomic E-state index is 0.119. The lowest BCUT2D eigenvalue weighted by molar-refractivity contribution is 0.111. The number of rotatable bonds is 3. The molecule has 0 fully saturated rings. The van der Waals surface area contributed by atoms with E-state index in [4.69, 9.17) is 24.2 Å². The average Bonchev–Trinajstić information content (AvgIpc) is 2.40. The molecule has 2 rings (SSSR count). The van der Waals surface area contributed by atoms with E-state index in [1.54, 1.807) is 24.3 Å².